The number of hydrogen-bond donors (Lipinski definition) is 2. The average Bonchev–Trinajstić information content (AvgIpc) is 2.83. The Labute approximate surface area is 133 Å². The number of benzene rings is 1. The van der Waals surface area contributed by atoms with Crippen molar-refractivity contribution in [1.82, 2.24) is 5.32 Å². The number of nitrogens with one attached hydrogen (secondary N) is 1. The van der Waals surface area contributed by atoms with E-state index in [1.165, 1.54) is 24.8 Å². The Morgan fingerprint density at radius 2 is 2.04 bits per heavy atom. The van der Waals surface area contributed by atoms with Gasteiger partial charge in [0.25, 0.3) is 0 Å². The van der Waals surface area contributed by atoms with Crippen molar-refractivity contribution in [1.29, 1.82) is 0 Å². The first-order valence-electron chi connectivity index (χ1n) is 7.30. The minimum atomic E-state index is -1.19. The van der Waals surface area contributed by atoms with Gasteiger partial charge < -0.3 is 16.0 Å². The number of carbonyl (C=O) groups excluding carboxylic acids is 3. The first-order valence-corrected chi connectivity index (χ1v) is 7.30. The zero-order valence-electron chi connectivity index (χ0n) is 13.4. The molecule has 2 rings (SSSR count). The molecule has 1 fully saturated rings. The molecule has 0 radical (unpaired) electrons. The highest BCUT2D eigenvalue weighted by Gasteiger charge is 2.38. The minimum absolute atomic E-state index is 0.0101. The Morgan fingerprint density at radius 1 is 1.39 bits per heavy atom. The Bertz CT molecular complexity index is 673. The van der Waals surface area contributed by atoms with Crippen LogP contribution in [0.25, 0.3) is 0 Å². The van der Waals surface area contributed by atoms with Crippen LogP contribution in [0.5, 0.6) is 0 Å². The van der Waals surface area contributed by atoms with E-state index in [2.05, 4.69) is 5.32 Å². The SMILES string of the molecule is Cc1ccc(N2CC(C(=O)NC(C)(C)C(N)=O)CC2=O)cc1F. The number of nitrogens with zero attached hydrogens (tertiary/aromatic N) is 1. The standard InChI is InChI=1S/C16H20FN3O3/c1-9-4-5-11(7-12(9)17)20-8-10(6-13(20)21)14(22)19-16(2,3)15(18)23/h4-5,7,10H,6,8H2,1-3H3,(H2,18,23)(H,19,22). The number of nitrogens with two attached hydrogens (primary N) is 1. The molecule has 1 aromatic carbocycles. The molecule has 0 saturated carbocycles. The lowest BCUT2D eigenvalue weighted by atomic mass is 10.0. The highest BCUT2D eigenvalue weighted by atomic mass is 19.1. The van der Waals surface area contributed by atoms with Crippen molar-refractivity contribution in [2.24, 2.45) is 11.7 Å². The van der Waals surface area contributed by atoms with E-state index < -0.39 is 29.1 Å². The van der Waals surface area contributed by atoms with Crippen LogP contribution in [0, 0.1) is 18.7 Å². The van der Waals surface area contributed by atoms with Crippen molar-refractivity contribution in [3.8, 4) is 0 Å². The fourth-order valence-electron chi connectivity index (χ4n) is 2.35. The maximum absolute atomic E-state index is 13.7. The molecule has 1 aromatic rings. The summed E-state index contributed by atoms with van der Waals surface area (Å²) in [6, 6.07) is 4.51. The first kappa shape index (κ1) is 16.9. The maximum atomic E-state index is 13.7. The third-order valence-electron chi connectivity index (χ3n) is 4.01. The van der Waals surface area contributed by atoms with Crippen LogP contribution in [-0.4, -0.2) is 29.8 Å². The predicted molar refractivity (Wildman–Crippen MR) is 83.0 cm³/mol. The smallest absolute Gasteiger partial charge is 0.242 e. The molecule has 0 aliphatic carbocycles. The van der Waals surface area contributed by atoms with Crippen LogP contribution in [0.2, 0.25) is 0 Å². The van der Waals surface area contributed by atoms with Gasteiger partial charge in [-0.15, -0.1) is 0 Å². The number of anilines is 1. The van der Waals surface area contributed by atoms with Gasteiger partial charge in [-0.1, -0.05) is 6.07 Å². The highest BCUT2D eigenvalue weighted by Crippen LogP contribution is 2.27. The number of rotatable bonds is 4. The molecule has 3 amide bonds. The Kier molecular flexibility index (Phi) is 4.40. The van der Waals surface area contributed by atoms with E-state index in [0.29, 0.717) is 11.3 Å². The lowest BCUT2D eigenvalue weighted by Gasteiger charge is -2.24. The summed E-state index contributed by atoms with van der Waals surface area (Å²) in [5, 5.41) is 2.54. The molecule has 1 saturated heterocycles. The quantitative estimate of drug-likeness (QED) is 0.862. The monoisotopic (exact) mass is 321 g/mol. The molecule has 1 unspecified atom stereocenters. The van der Waals surface area contributed by atoms with Crippen LogP contribution in [0.1, 0.15) is 25.8 Å². The number of aryl methyl sites for hydroxylation is 1. The zero-order valence-corrected chi connectivity index (χ0v) is 13.4. The zero-order chi connectivity index (χ0) is 17.4. The van der Waals surface area contributed by atoms with Gasteiger partial charge in [0.1, 0.15) is 11.4 Å². The van der Waals surface area contributed by atoms with E-state index >= 15 is 0 Å². The number of halogens is 1. The van der Waals surface area contributed by atoms with E-state index in [9.17, 15) is 18.8 Å². The van der Waals surface area contributed by atoms with Crippen molar-refractivity contribution in [3.05, 3.63) is 29.6 Å². The van der Waals surface area contributed by atoms with E-state index in [4.69, 9.17) is 5.73 Å². The maximum Gasteiger partial charge on any atom is 0.242 e. The van der Waals surface area contributed by atoms with Gasteiger partial charge in [0.15, 0.2) is 0 Å². The van der Waals surface area contributed by atoms with Crippen LogP contribution >= 0.6 is 0 Å². The number of carbonyl (C=O) groups is 3. The third kappa shape index (κ3) is 3.49. The van der Waals surface area contributed by atoms with Crippen molar-refractivity contribution < 1.29 is 18.8 Å². The predicted octanol–water partition coefficient (Wildman–Crippen LogP) is 0.867. The molecular weight excluding hydrogens is 301 g/mol. The molecule has 124 valence electrons. The van der Waals surface area contributed by atoms with Crippen LogP contribution in [0.4, 0.5) is 10.1 Å². The van der Waals surface area contributed by atoms with Crippen LogP contribution < -0.4 is 16.0 Å². The third-order valence-corrected chi connectivity index (χ3v) is 4.01. The number of primary amides is 1. The van der Waals surface area contributed by atoms with E-state index in [0.717, 1.165) is 0 Å². The summed E-state index contributed by atoms with van der Waals surface area (Å²) in [5.74, 6) is -2.35. The molecule has 0 aromatic heterocycles. The fraction of sp³-hybridized carbons (Fsp3) is 0.438. The topological polar surface area (TPSA) is 92.5 Å². The molecule has 1 aliphatic heterocycles. The van der Waals surface area contributed by atoms with Crippen LogP contribution in [0.3, 0.4) is 0 Å². The normalized spacial score (nSPS) is 18.2. The molecule has 0 bridgehead atoms. The summed E-state index contributed by atoms with van der Waals surface area (Å²) >= 11 is 0. The van der Waals surface area contributed by atoms with Gasteiger partial charge in [-0.05, 0) is 38.5 Å². The van der Waals surface area contributed by atoms with Gasteiger partial charge in [0, 0.05) is 18.7 Å². The van der Waals surface area contributed by atoms with Crippen LogP contribution in [0.15, 0.2) is 18.2 Å². The molecule has 7 heteroatoms. The Morgan fingerprint density at radius 3 is 2.61 bits per heavy atom. The molecular formula is C16H20FN3O3. The minimum Gasteiger partial charge on any atom is -0.368 e. The summed E-state index contributed by atoms with van der Waals surface area (Å²) in [4.78, 5) is 37.0. The largest absolute Gasteiger partial charge is 0.368 e. The summed E-state index contributed by atoms with van der Waals surface area (Å²) in [6.07, 6.45) is 0.0101. The summed E-state index contributed by atoms with van der Waals surface area (Å²) in [7, 11) is 0. The molecule has 1 aliphatic rings. The van der Waals surface area contributed by atoms with Crippen molar-refractivity contribution >= 4 is 23.4 Å². The van der Waals surface area contributed by atoms with Crippen molar-refractivity contribution in [2.45, 2.75) is 32.7 Å². The second-order valence-corrected chi connectivity index (χ2v) is 6.32. The number of amides is 3. The lowest BCUT2D eigenvalue weighted by Crippen LogP contribution is -2.54. The van der Waals surface area contributed by atoms with E-state index in [1.54, 1.807) is 19.1 Å². The molecule has 23 heavy (non-hydrogen) atoms. The molecule has 3 N–H and O–H groups in total. The van der Waals surface area contributed by atoms with Gasteiger partial charge in [-0.25, -0.2) is 4.39 Å². The highest BCUT2D eigenvalue weighted by molar-refractivity contribution is 6.01. The lowest BCUT2D eigenvalue weighted by molar-refractivity contribution is -0.132. The van der Waals surface area contributed by atoms with Gasteiger partial charge in [-0.2, -0.15) is 0 Å². The summed E-state index contributed by atoms with van der Waals surface area (Å²) in [5.41, 5.74) is 4.93. The van der Waals surface area contributed by atoms with Gasteiger partial charge in [-0.3, -0.25) is 14.4 Å². The molecule has 0 spiro atoms. The van der Waals surface area contributed by atoms with Gasteiger partial charge >= 0.3 is 0 Å². The van der Waals surface area contributed by atoms with E-state index in [1.807, 2.05) is 0 Å². The van der Waals surface area contributed by atoms with E-state index in [-0.39, 0.29) is 18.9 Å². The fourth-order valence-corrected chi connectivity index (χ4v) is 2.35. The summed E-state index contributed by atoms with van der Waals surface area (Å²) in [6.45, 7) is 4.77. The Balaban J connectivity index is 2.12. The molecule has 6 nitrogen and oxygen atoms in total. The molecule has 1 atom stereocenters. The van der Waals surface area contributed by atoms with Gasteiger partial charge in [0.05, 0.1) is 5.92 Å². The van der Waals surface area contributed by atoms with Crippen molar-refractivity contribution in [2.75, 3.05) is 11.4 Å². The first-order chi connectivity index (χ1) is 10.6. The Hall–Kier alpha value is -2.44. The second-order valence-electron chi connectivity index (χ2n) is 6.32. The van der Waals surface area contributed by atoms with Crippen molar-refractivity contribution in [3.63, 3.8) is 0 Å². The molecule has 1 heterocycles. The van der Waals surface area contributed by atoms with Gasteiger partial charge in [0.2, 0.25) is 17.7 Å². The number of hydrogen-bond acceptors (Lipinski definition) is 3. The average molecular weight is 321 g/mol. The summed E-state index contributed by atoms with van der Waals surface area (Å²) < 4.78 is 13.7. The van der Waals surface area contributed by atoms with Crippen LogP contribution in [-0.2, 0) is 14.4 Å². The second kappa shape index (κ2) is 5.98.